The Hall–Kier alpha value is -1.36. The lowest BCUT2D eigenvalue weighted by atomic mass is 10.1. The summed E-state index contributed by atoms with van der Waals surface area (Å²) in [7, 11) is -3.30. The molecule has 5 heteroatoms. The minimum atomic E-state index is -3.30. The van der Waals surface area contributed by atoms with Crippen molar-refractivity contribution in [2.24, 2.45) is 0 Å². The lowest BCUT2D eigenvalue weighted by molar-refractivity contribution is 0.102. The molecule has 1 aromatic carbocycles. The Morgan fingerprint density at radius 2 is 2.00 bits per heavy atom. The average molecular weight is 256 g/mol. The molecule has 0 saturated carbocycles. The largest absolute Gasteiger partial charge is 0.491 e. The van der Waals surface area contributed by atoms with Crippen LogP contribution in [-0.4, -0.2) is 32.3 Å². The molecule has 4 nitrogen and oxygen atoms in total. The monoisotopic (exact) mass is 256 g/mol. The first-order valence-electron chi connectivity index (χ1n) is 5.25. The molecule has 17 heavy (non-hydrogen) atoms. The van der Waals surface area contributed by atoms with Crippen LogP contribution in [0, 0.1) is 0 Å². The van der Waals surface area contributed by atoms with E-state index in [1.807, 2.05) is 13.8 Å². The van der Waals surface area contributed by atoms with E-state index in [9.17, 15) is 13.2 Å². The van der Waals surface area contributed by atoms with Gasteiger partial charge in [0.2, 0.25) is 0 Å². The first-order valence-corrected chi connectivity index (χ1v) is 7.31. The maximum Gasteiger partial charge on any atom is 0.177 e. The number of hydrogen-bond donors (Lipinski definition) is 0. The summed E-state index contributed by atoms with van der Waals surface area (Å²) in [6.07, 6.45) is 1.05. The van der Waals surface area contributed by atoms with Crippen LogP contribution >= 0.6 is 0 Å². The van der Waals surface area contributed by atoms with E-state index in [-0.39, 0.29) is 6.10 Å². The topological polar surface area (TPSA) is 60.4 Å². The predicted molar refractivity (Wildman–Crippen MR) is 66.2 cm³/mol. The highest BCUT2D eigenvalue weighted by molar-refractivity contribution is 7.91. The van der Waals surface area contributed by atoms with Crippen molar-refractivity contribution in [3.05, 3.63) is 29.8 Å². The molecular weight excluding hydrogens is 240 g/mol. The molecule has 0 radical (unpaired) electrons. The Kier molecular flexibility index (Phi) is 4.28. The van der Waals surface area contributed by atoms with E-state index in [0.29, 0.717) is 11.3 Å². The van der Waals surface area contributed by atoms with Gasteiger partial charge < -0.3 is 4.74 Å². The van der Waals surface area contributed by atoms with E-state index in [1.165, 1.54) is 0 Å². The van der Waals surface area contributed by atoms with Crippen molar-refractivity contribution < 1.29 is 17.9 Å². The number of sulfone groups is 1. The second-order valence-electron chi connectivity index (χ2n) is 4.19. The first kappa shape index (κ1) is 13.7. The van der Waals surface area contributed by atoms with E-state index >= 15 is 0 Å². The minimum absolute atomic E-state index is 0.00950. The molecule has 0 aliphatic rings. The Morgan fingerprint density at radius 1 is 1.35 bits per heavy atom. The second-order valence-corrected chi connectivity index (χ2v) is 6.33. The molecule has 0 unspecified atom stereocenters. The van der Waals surface area contributed by atoms with Crippen molar-refractivity contribution in [1.29, 1.82) is 0 Å². The quantitative estimate of drug-likeness (QED) is 0.752. The molecule has 0 atom stereocenters. The van der Waals surface area contributed by atoms with Gasteiger partial charge in [-0.25, -0.2) is 8.42 Å². The van der Waals surface area contributed by atoms with Crippen molar-refractivity contribution >= 4 is 15.6 Å². The highest BCUT2D eigenvalue weighted by Gasteiger charge is 2.13. The lowest BCUT2D eigenvalue weighted by Crippen LogP contribution is -2.15. The normalized spacial score (nSPS) is 11.5. The third kappa shape index (κ3) is 4.99. The van der Waals surface area contributed by atoms with E-state index in [0.717, 1.165) is 6.26 Å². The van der Waals surface area contributed by atoms with E-state index in [4.69, 9.17) is 4.74 Å². The van der Waals surface area contributed by atoms with Crippen LogP contribution in [0.1, 0.15) is 24.2 Å². The summed E-state index contributed by atoms with van der Waals surface area (Å²) in [5, 5.41) is 0. The molecule has 0 amide bonds. The molecule has 0 heterocycles. The van der Waals surface area contributed by atoms with Crippen LogP contribution in [0.4, 0.5) is 0 Å². The molecule has 0 aliphatic carbocycles. The van der Waals surface area contributed by atoms with Crippen molar-refractivity contribution in [3.8, 4) is 5.75 Å². The summed E-state index contributed by atoms with van der Waals surface area (Å²) in [6, 6.07) is 6.55. The number of Topliss-reactive ketones (excluding diaryl/α,β-unsaturated/α-hetero) is 1. The zero-order valence-corrected chi connectivity index (χ0v) is 11.0. The van der Waals surface area contributed by atoms with Gasteiger partial charge >= 0.3 is 0 Å². The van der Waals surface area contributed by atoms with Gasteiger partial charge in [-0.05, 0) is 26.0 Å². The van der Waals surface area contributed by atoms with Gasteiger partial charge in [-0.1, -0.05) is 12.1 Å². The summed E-state index contributed by atoms with van der Waals surface area (Å²) < 4.78 is 27.5. The number of ketones is 1. The fraction of sp³-hybridized carbons (Fsp3) is 0.417. The standard InChI is InChI=1S/C12H16O4S/c1-9(2)16-11-6-4-5-10(7-11)12(13)8-17(3,14)15/h4-7,9H,8H2,1-3H3. The minimum Gasteiger partial charge on any atom is -0.491 e. The smallest absolute Gasteiger partial charge is 0.177 e. The highest BCUT2D eigenvalue weighted by Crippen LogP contribution is 2.15. The predicted octanol–water partition coefficient (Wildman–Crippen LogP) is 1.70. The van der Waals surface area contributed by atoms with Crippen molar-refractivity contribution in [2.75, 3.05) is 12.0 Å². The number of hydrogen-bond acceptors (Lipinski definition) is 4. The van der Waals surface area contributed by atoms with Gasteiger partial charge in [0.25, 0.3) is 0 Å². The Labute approximate surface area is 102 Å². The Morgan fingerprint density at radius 3 is 2.53 bits per heavy atom. The Bertz CT molecular complexity index is 503. The average Bonchev–Trinajstić information content (AvgIpc) is 2.14. The van der Waals surface area contributed by atoms with Crippen LogP contribution in [0.2, 0.25) is 0 Å². The zero-order valence-electron chi connectivity index (χ0n) is 10.1. The molecule has 0 saturated heterocycles. The molecule has 0 aliphatic heterocycles. The molecule has 1 rings (SSSR count). The van der Waals surface area contributed by atoms with E-state index in [1.54, 1.807) is 24.3 Å². The fourth-order valence-electron chi connectivity index (χ4n) is 1.34. The summed E-state index contributed by atoms with van der Waals surface area (Å²) in [5.74, 6) is -0.320. The summed E-state index contributed by atoms with van der Waals surface area (Å²) in [6.45, 7) is 3.76. The molecule has 0 aromatic heterocycles. The summed E-state index contributed by atoms with van der Waals surface area (Å²) in [5.41, 5.74) is 0.355. The number of benzene rings is 1. The van der Waals surface area contributed by atoms with Gasteiger partial charge in [0.15, 0.2) is 15.6 Å². The summed E-state index contributed by atoms with van der Waals surface area (Å²) in [4.78, 5) is 11.7. The molecule has 94 valence electrons. The number of carbonyl (C=O) groups is 1. The van der Waals surface area contributed by atoms with Crippen LogP contribution < -0.4 is 4.74 Å². The van der Waals surface area contributed by atoms with E-state index in [2.05, 4.69) is 0 Å². The summed E-state index contributed by atoms with van der Waals surface area (Å²) >= 11 is 0. The molecule has 0 fully saturated rings. The number of ether oxygens (including phenoxy) is 1. The third-order valence-electron chi connectivity index (χ3n) is 1.92. The van der Waals surface area contributed by atoms with Crippen LogP contribution in [-0.2, 0) is 9.84 Å². The first-order chi connectivity index (χ1) is 7.78. The maximum atomic E-state index is 11.7. The third-order valence-corrected chi connectivity index (χ3v) is 2.71. The van der Waals surface area contributed by atoms with Gasteiger partial charge in [-0.15, -0.1) is 0 Å². The van der Waals surface area contributed by atoms with Crippen molar-refractivity contribution in [1.82, 2.24) is 0 Å². The zero-order chi connectivity index (χ0) is 13.1. The van der Waals surface area contributed by atoms with Crippen LogP contribution in [0.5, 0.6) is 5.75 Å². The highest BCUT2D eigenvalue weighted by atomic mass is 32.2. The Balaban J connectivity index is 2.88. The molecule has 0 spiro atoms. The molecule has 0 N–H and O–H groups in total. The van der Waals surface area contributed by atoms with Crippen molar-refractivity contribution in [2.45, 2.75) is 20.0 Å². The van der Waals surface area contributed by atoms with Gasteiger partial charge in [0.05, 0.1) is 6.10 Å². The lowest BCUT2D eigenvalue weighted by Gasteiger charge is -2.10. The van der Waals surface area contributed by atoms with Gasteiger partial charge in [-0.3, -0.25) is 4.79 Å². The maximum absolute atomic E-state index is 11.7. The van der Waals surface area contributed by atoms with E-state index < -0.39 is 21.4 Å². The SMILES string of the molecule is CC(C)Oc1cccc(C(=O)CS(C)(=O)=O)c1. The van der Waals surface area contributed by atoms with Crippen LogP contribution in [0.25, 0.3) is 0 Å². The molecular formula is C12H16O4S. The fourth-order valence-corrected chi connectivity index (χ4v) is 1.98. The van der Waals surface area contributed by atoms with Gasteiger partial charge in [0, 0.05) is 11.8 Å². The molecule has 1 aromatic rings. The van der Waals surface area contributed by atoms with Crippen LogP contribution in [0.3, 0.4) is 0 Å². The number of carbonyl (C=O) groups excluding carboxylic acids is 1. The van der Waals surface area contributed by atoms with Gasteiger partial charge in [-0.2, -0.15) is 0 Å². The number of rotatable bonds is 5. The van der Waals surface area contributed by atoms with Crippen molar-refractivity contribution in [3.63, 3.8) is 0 Å². The van der Waals surface area contributed by atoms with Gasteiger partial charge in [0.1, 0.15) is 11.5 Å². The molecule has 0 bridgehead atoms. The van der Waals surface area contributed by atoms with Crippen LogP contribution in [0.15, 0.2) is 24.3 Å². The second kappa shape index (κ2) is 5.31.